The number of nitrogens with zero attached hydrogens (tertiary/aromatic N) is 1. The largest absolute Gasteiger partial charge is 0.384 e. The van der Waals surface area contributed by atoms with Crippen molar-refractivity contribution < 1.29 is 8.42 Å². The van der Waals surface area contributed by atoms with Gasteiger partial charge in [-0.2, -0.15) is 0 Å². The summed E-state index contributed by atoms with van der Waals surface area (Å²) < 4.78 is 27.6. The number of rotatable bonds is 3. The average Bonchev–Trinajstić information content (AvgIpc) is 2.35. The Morgan fingerprint density at radius 2 is 2.00 bits per heavy atom. The van der Waals surface area contributed by atoms with E-state index in [2.05, 4.69) is 9.71 Å². The van der Waals surface area contributed by atoms with Gasteiger partial charge in [0, 0.05) is 10.9 Å². The van der Waals surface area contributed by atoms with Crippen LogP contribution in [0.15, 0.2) is 35.2 Å². The van der Waals surface area contributed by atoms with E-state index in [9.17, 15) is 8.42 Å². The Labute approximate surface area is 118 Å². The van der Waals surface area contributed by atoms with Crippen molar-refractivity contribution in [1.29, 1.82) is 0 Å². The Morgan fingerprint density at radius 1 is 1.25 bits per heavy atom. The highest BCUT2D eigenvalue weighted by Crippen LogP contribution is 2.32. The highest BCUT2D eigenvalue weighted by Gasteiger charge is 2.36. The SMILES string of the molecule is CC1(NS(=O)(=O)c2ccc3nc(N)ccc3c2)CCC1. The van der Waals surface area contributed by atoms with E-state index in [0.29, 0.717) is 11.3 Å². The maximum atomic E-state index is 12.4. The van der Waals surface area contributed by atoms with E-state index >= 15 is 0 Å². The molecule has 0 unspecified atom stereocenters. The lowest BCUT2D eigenvalue weighted by molar-refractivity contribution is 0.248. The molecule has 1 aromatic carbocycles. The van der Waals surface area contributed by atoms with E-state index in [1.807, 2.05) is 6.92 Å². The minimum absolute atomic E-state index is 0.268. The molecule has 1 aliphatic carbocycles. The summed E-state index contributed by atoms with van der Waals surface area (Å²) in [6.45, 7) is 1.94. The van der Waals surface area contributed by atoms with Gasteiger partial charge in [-0.15, -0.1) is 0 Å². The van der Waals surface area contributed by atoms with Crippen molar-refractivity contribution in [2.24, 2.45) is 0 Å². The maximum Gasteiger partial charge on any atom is 0.241 e. The normalized spacial score (nSPS) is 17.9. The van der Waals surface area contributed by atoms with Gasteiger partial charge in [-0.25, -0.2) is 18.1 Å². The molecule has 2 aromatic rings. The first-order valence-electron chi connectivity index (χ1n) is 6.58. The second-order valence-electron chi connectivity index (χ2n) is 5.61. The summed E-state index contributed by atoms with van der Waals surface area (Å²) >= 11 is 0. The number of sulfonamides is 1. The van der Waals surface area contributed by atoms with Gasteiger partial charge in [0.05, 0.1) is 10.4 Å². The predicted molar refractivity (Wildman–Crippen MR) is 78.7 cm³/mol. The van der Waals surface area contributed by atoms with Crippen molar-refractivity contribution in [3.8, 4) is 0 Å². The first-order valence-corrected chi connectivity index (χ1v) is 8.07. The van der Waals surface area contributed by atoms with Crippen LogP contribution in [0.25, 0.3) is 10.9 Å². The van der Waals surface area contributed by atoms with E-state index in [1.54, 1.807) is 30.3 Å². The fourth-order valence-electron chi connectivity index (χ4n) is 2.48. The van der Waals surface area contributed by atoms with Crippen molar-refractivity contribution in [3.05, 3.63) is 30.3 Å². The van der Waals surface area contributed by atoms with E-state index < -0.39 is 10.0 Å². The quantitative estimate of drug-likeness (QED) is 0.906. The monoisotopic (exact) mass is 291 g/mol. The van der Waals surface area contributed by atoms with Gasteiger partial charge < -0.3 is 5.73 Å². The van der Waals surface area contributed by atoms with Crippen LogP contribution >= 0.6 is 0 Å². The van der Waals surface area contributed by atoms with Crippen LogP contribution in [-0.4, -0.2) is 18.9 Å². The van der Waals surface area contributed by atoms with Crippen molar-refractivity contribution in [2.45, 2.75) is 36.6 Å². The number of nitrogen functional groups attached to an aromatic ring is 1. The summed E-state index contributed by atoms with van der Waals surface area (Å²) in [5.41, 5.74) is 6.01. The molecule has 0 aliphatic heterocycles. The summed E-state index contributed by atoms with van der Waals surface area (Å²) in [6, 6.07) is 8.33. The van der Waals surface area contributed by atoms with Gasteiger partial charge in [0.1, 0.15) is 5.82 Å². The molecule has 0 radical (unpaired) electrons. The van der Waals surface area contributed by atoms with Crippen molar-refractivity contribution in [2.75, 3.05) is 5.73 Å². The fraction of sp³-hybridized carbons (Fsp3) is 0.357. The Hall–Kier alpha value is -1.66. The molecule has 20 heavy (non-hydrogen) atoms. The molecule has 1 heterocycles. The van der Waals surface area contributed by atoms with E-state index in [1.165, 1.54) is 0 Å². The third-order valence-corrected chi connectivity index (χ3v) is 5.47. The summed E-state index contributed by atoms with van der Waals surface area (Å²) in [5.74, 6) is 0.424. The third-order valence-electron chi connectivity index (χ3n) is 3.83. The van der Waals surface area contributed by atoms with Gasteiger partial charge in [-0.1, -0.05) is 0 Å². The average molecular weight is 291 g/mol. The van der Waals surface area contributed by atoms with Crippen LogP contribution in [0.1, 0.15) is 26.2 Å². The van der Waals surface area contributed by atoms with Crippen LogP contribution in [0.4, 0.5) is 5.82 Å². The van der Waals surface area contributed by atoms with Crippen LogP contribution in [0.5, 0.6) is 0 Å². The smallest absolute Gasteiger partial charge is 0.241 e. The van der Waals surface area contributed by atoms with Gasteiger partial charge in [0.15, 0.2) is 0 Å². The zero-order chi connectivity index (χ0) is 14.4. The maximum absolute atomic E-state index is 12.4. The Bertz CT molecular complexity index is 767. The molecular weight excluding hydrogens is 274 g/mol. The number of nitrogens with one attached hydrogen (secondary N) is 1. The number of nitrogens with two attached hydrogens (primary N) is 1. The summed E-state index contributed by atoms with van der Waals surface area (Å²) in [4.78, 5) is 4.43. The minimum atomic E-state index is -3.49. The summed E-state index contributed by atoms with van der Waals surface area (Å²) in [5, 5.41) is 0.765. The van der Waals surface area contributed by atoms with Crippen LogP contribution in [0.2, 0.25) is 0 Å². The van der Waals surface area contributed by atoms with Crippen molar-refractivity contribution in [3.63, 3.8) is 0 Å². The number of benzene rings is 1. The Morgan fingerprint density at radius 3 is 2.65 bits per heavy atom. The molecule has 5 nitrogen and oxygen atoms in total. The summed E-state index contributed by atoms with van der Waals surface area (Å²) in [6.07, 6.45) is 2.84. The number of hydrogen-bond acceptors (Lipinski definition) is 4. The standard InChI is InChI=1S/C14H17N3O2S/c1-14(7-2-8-14)17-20(18,19)11-4-5-12-10(9-11)3-6-13(15)16-12/h3-6,9,17H,2,7-8H2,1H3,(H2,15,16). The molecule has 0 saturated heterocycles. The lowest BCUT2D eigenvalue weighted by Gasteiger charge is -2.38. The molecule has 0 bridgehead atoms. The first kappa shape index (κ1) is 13.3. The lowest BCUT2D eigenvalue weighted by Crippen LogP contribution is -2.50. The number of aromatic nitrogens is 1. The number of pyridine rings is 1. The van der Waals surface area contributed by atoms with Gasteiger partial charge in [0.25, 0.3) is 0 Å². The molecule has 0 spiro atoms. The first-order chi connectivity index (χ1) is 9.38. The van der Waals surface area contributed by atoms with Gasteiger partial charge in [-0.3, -0.25) is 0 Å². The second kappa shape index (κ2) is 4.43. The molecule has 1 fully saturated rings. The third kappa shape index (κ3) is 2.36. The number of hydrogen-bond donors (Lipinski definition) is 2. The minimum Gasteiger partial charge on any atom is -0.384 e. The molecular formula is C14H17N3O2S. The molecule has 3 rings (SSSR count). The Balaban J connectivity index is 1.99. The van der Waals surface area contributed by atoms with Crippen LogP contribution in [0, 0.1) is 0 Å². The number of anilines is 1. The molecule has 1 aromatic heterocycles. The van der Waals surface area contributed by atoms with E-state index in [0.717, 1.165) is 24.6 Å². The van der Waals surface area contributed by atoms with Gasteiger partial charge in [0.2, 0.25) is 10.0 Å². The zero-order valence-corrected chi connectivity index (χ0v) is 12.1. The second-order valence-corrected chi connectivity index (χ2v) is 7.29. The van der Waals surface area contributed by atoms with Crippen LogP contribution < -0.4 is 10.5 Å². The van der Waals surface area contributed by atoms with Crippen LogP contribution in [0.3, 0.4) is 0 Å². The molecule has 106 valence electrons. The molecule has 3 N–H and O–H groups in total. The van der Waals surface area contributed by atoms with Gasteiger partial charge >= 0.3 is 0 Å². The van der Waals surface area contributed by atoms with Crippen LogP contribution in [-0.2, 0) is 10.0 Å². The van der Waals surface area contributed by atoms with Crippen molar-refractivity contribution in [1.82, 2.24) is 9.71 Å². The molecule has 1 aliphatic rings. The molecule has 1 saturated carbocycles. The fourth-order valence-corrected chi connectivity index (χ4v) is 3.98. The zero-order valence-electron chi connectivity index (χ0n) is 11.3. The van der Waals surface area contributed by atoms with E-state index in [4.69, 9.17) is 5.73 Å². The van der Waals surface area contributed by atoms with Crippen molar-refractivity contribution >= 4 is 26.7 Å². The lowest BCUT2D eigenvalue weighted by atomic mass is 9.80. The Kier molecular flexibility index (Phi) is 2.95. The molecule has 0 atom stereocenters. The topological polar surface area (TPSA) is 85.1 Å². The molecule has 6 heteroatoms. The predicted octanol–water partition coefficient (Wildman–Crippen LogP) is 2.04. The van der Waals surface area contributed by atoms with Gasteiger partial charge in [-0.05, 0) is 56.5 Å². The highest BCUT2D eigenvalue weighted by molar-refractivity contribution is 7.89. The molecule has 0 amide bonds. The summed E-state index contributed by atoms with van der Waals surface area (Å²) in [7, 11) is -3.49. The number of fused-ring (bicyclic) bond motifs is 1. The highest BCUT2D eigenvalue weighted by atomic mass is 32.2. The van der Waals surface area contributed by atoms with E-state index in [-0.39, 0.29) is 10.4 Å².